The lowest BCUT2D eigenvalue weighted by Gasteiger charge is -2.43. The van der Waals surface area contributed by atoms with Crippen molar-refractivity contribution in [1.29, 1.82) is 0 Å². The van der Waals surface area contributed by atoms with Crippen molar-refractivity contribution in [3.63, 3.8) is 0 Å². The Labute approximate surface area is 138 Å². The Bertz CT molecular complexity index is 506. The van der Waals surface area contributed by atoms with Crippen LogP contribution in [0.25, 0.3) is 0 Å². The van der Waals surface area contributed by atoms with Crippen LogP contribution in [0.5, 0.6) is 0 Å². The largest absolute Gasteiger partial charge is 0.463 e. The molecule has 1 rings (SSSR count). The van der Waals surface area contributed by atoms with Gasteiger partial charge in [0.25, 0.3) is 0 Å². The molecule has 5 atom stereocenters. The van der Waals surface area contributed by atoms with Gasteiger partial charge in [0, 0.05) is 27.7 Å². The average Bonchev–Trinajstić information content (AvgIpc) is 2.42. The second-order valence-corrected chi connectivity index (χ2v) is 5.16. The van der Waals surface area contributed by atoms with Crippen LogP contribution in [0.1, 0.15) is 27.7 Å². The van der Waals surface area contributed by atoms with E-state index in [-0.39, 0.29) is 6.61 Å². The van der Waals surface area contributed by atoms with Crippen molar-refractivity contribution in [3.8, 4) is 0 Å². The number of ether oxygens (including phenoxy) is 5. The van der Waals surface area contributed by atoms with Gasteiger partial charge >= 0.3 is 23.9 Å². The molecule has 0 aromatic heterocycles. The Kier molecular flexibility index (Phi) is 7.11. The highest BCUT2D eigenvalue weighted by Gasteiger charge is 2.51. The van der Waals surface area contributed by atoms with E-state index in [4.69, 9.17) is 29.4 Å². The first kappa shape index (κ1) is 19.8. The van der Waals surface area contributed by atoms with E-state index in [1.807, 2.05) is 0 Å². The Hall–Kier alpha value is -2.20. The fraction of sp³-hybridized carbons (Fsp3) is 0.714. The van der Waals surface area contributed by atoms with E-state index in [2.05, 4.69) is 0 Å². The summed E-state index contributed by atoms with van der Waals surface area (Å²) in [6.07, 6.45) is -5.74. The maximum atomic E-state index is 11.4. The molecule has 10 nitrogen and oxygen atoms in total. The lowest BCUT2D eigenvalue weighted by atomic mass is 9.97. The molecule has 1 heterocycles. The summed E-state index contributed by atoms with van der Waals surface area (Å²) in [7, 11) is 0. The van der Waals surface area contributed by atoms with Gasteiger partial charge in [-0.3, -0.25) is 19.2 Å². The van der Waals surface area contributed by atoms with Crippen molar-refractivity contribution in [3.05, 3.63) is 0 Å². The van der Waals surface area contributed by atoms with E-state index in [1.54, 1.807) is 0 Å². The monoisotopic (exact) mass is 347 g/mol. The summed E-state index contributed by atoms with van der Waals surface area (Å²) in [6.45, 7) is 4.32. The summed E-state index contributed by atoms with van der Waals surface area (Å²) in [4.78, 5) is 45.0. The normalized spacial score (nSPS) is 29.3. The van der Waals surface area contributed by atoms with Gasteiger partial charge in [-0.05, 0) is 0 Å². The SMILES string of the molecule is CC(=O)OC[C@H]1O[C@H](N)[C@@H](OC(C)=O)[C@@H](OC(C)=O)[C@@H]1OC(C)=O. The van der Waals surface area contributed by atoms with E-state index < -0.39 is 54.5 Å². The quantitative estimate of drug-likeness (QED) is 0.487. The highest BCUT2D eigenvalue weighted by atomic mass is 16.7. The zero-order chi connectivity index (χ0) is 18.4. The zero-order valence-electron chi connectivity index (χ0n) is 13.8. The predicted octanol–water partition coefficient (Wildman–Crippen LogP) is -0.972. The maximum absolute atomic E-state index is 11.4. The molecule has 0 aromatic rings. The summed E-state index contributed by atoms with van der Waals surface area (Å²) >= 11 is 0. The van der Waals surface area contributed by atoms with Gasteiger partial charge in [0.2, 0.25) is 0 Å². The molecule has 0 bridgehead atoms. The van der Waals surface area contributed by atoms with Gasteiger partial charge in [0.1, 0.15) is 18.9 Å². The number of carbonyl (C=O) groups excluding carboxylic acids is 4. The van der Waals surface area contributed by atoms with Gasteiger partial charge in [0.15, 0.2) is 18.3 Å². The van der Waals surface area contributed by atoms with E-state index >= 15 is 0 Å². The number of carbonyl (C=O) groups is 4. The molecule has 1 saturated heterocycles. The Morgan fingerprint density at radius 3 is 1.71 bits per heavy atom. The van der Waals surface area contributed by atoms with Crippen LogP contribution >= 0.6 is 0 Å². The van der Waals surface area contributed by atoms with Crippen LogP contribution in [0.2, 0.25) is 0 Å². The smallest absolute Gasteiger partial charge is 0.303 e. The van der Waals surface area contributed by atoms with Crippen molar-refractivity contribution in [2.75, 3.05) is 6.61 Å². The summed E-state index contributed by atoms with van der Waals surface area (Å²) in [5, 5.41) is 0. The molecule has 0 aromatic carbocycles. The molecule has 0 spiro atoms. The topological polar surface area (TPSA) is 140 Å². The van der Waals surface area contributed by atoms with Crippen molar-refractivity contribution >= 4 is 23.9 Å². The van der Waals surface area contributed by atoms with Crippen LogP contribution in [-0.2, 0) is 42.9 Å². The average molecular weight is 347 g/mol. The molecule has 0 radical (unpaired) electrons. The molecule has 1 aliphatic rings. The number of hydrogen-bond acceptors (Lipinski definition) is 10. The number of hydrogen-bond donors (Lipinski definition) is 1. The van der Waals surface area contributed by atoms with Gasteiger partial charge in [-0.25, -0.2) is 0 Å². The Balaban J connectivity index is 3.11. The second-order valence-electron chi connectivity index (χ2n) is 5.16. The first-order valence-electron chi connectivity index (χ1n) is 7.18. The minimum atomic E-state index is -1.21. The molecule has 0 unspecified atom stereocenters. The molecule has 0 saturated carbocycles. The minimum Gasteiger partial charge on any atom is -0.463 e. The van der Waals surface area contributed by atoms with Crippen LogP contribution in [0, 0.1) is 0 Å². The van der Waals surface area contributed by atoms with Crippen LogP contribution in [0.4, 0.5) is 0 Å². The van der Waals surface area contributed by atoms with Gasteiger partial charge < -0.3 is 29.4 Å². The van der Waals surface area contributed by atoms with Crippen molar-refractivity contribution in [2.45, 2.75) is 58.3 Å². The minimum absolute atomic E-state index is 0.286. The summed E-state index contributed by atoms with van der Waals surface area (Å²) in [5.74, 6) is -2.66. The highest BCUT2D eigenvalue weighted by molar-refractivity contribution is 5.68. The fourth-order valence-electron chi connectivity index (χ4n) is 2.26. The molecule has 0 aliphatic carbocycles. The lowest BCUT2D eigenvalue weighted by Crippen LogP contribution is -2.64. The first-order valence-corrected chi connectivity index (χ1v) is 7.18. The molecule has 1 aliphatic heterocycles. The Morgan fingerprint density at radius 2 is 1.25 bits per heavy atom. The number of rotatable bonds is 5. The third-order valence-electron chi connectivity index (χ3n) is 3.03. The number of nitrogens with two attached hydrogens (primary N) is 1. The van der Waals surface area contributed by atoms with Crippen LogP contribution in [0.15, 0.2) is 0 Å². The lowest BCUT2D eigenvalue weighted by molar-refractivity contribution is -0.251. The van der Waals surface area contributed by atoms with E-state index in [9.17, 15) is 19.2 Å². The van der Waals surface area contributed by atoms with E-state index in [0.29, 0.717) is 0 Å². The molecule has 0 amide bonds. The Morgan fingerprint density at radius 1 is 0.792 bits per heavy atom. The van der Waals surface area contributed by atoms with Crippen molar-refractivity contribution in [1.82, 2.24) is 0 Å². The van der Waals surface area contributed by atoms with Crippen molar-refractivity contribution < 1.29 is 42.9 Å². The van der Waals surface area contributed by atoms with Crippen LogP contribution in [0.3, 0.4) is 0 Å². The molecule has 136 valence electrons. The van der Waals surface area contributed by atoms with Gasteiger partial charge in [-0.15, -0.1) is 0 Å². The second kappa shape index (κ2) is 8.60. The first-order chi connectivity index (χ1) is 11.1. The standard InChI is InChI=1S/C14H21NO9/c1-6(16)20-5-10-11(21-7(2)17)12(22-8(3)18)13(14(15)24-10)23-9(4)19/h10-14H,5,15H2,1-4H3/t10-,11-,12+,13+,14+/m1/s1. The molecular formula is C14H21NO9. The van der Waals surface area contributed by atoms with E-state index in [0.717, 1.165) is 20.8 Å². The summed E-state index contributed by atoms with van der Waals surface area (Å²) < 4.78 is 25.6. The predicted molar refractivity (Wildman–Crippen MR) is 76.1 cm³/mol. The van der Waals surface area contributed by atoms with Gasteiger partial charge in [-0.2, -0.15) is 0 Å². The molecule has 2 N–H and O–H groups in total. The third-order valence-corrected chi connectivity index (χ3v) is 3.03. The third kappa shape index (κ3) is 5.78. The maximum Gasteiger partial charge on any atom is 0.303 e. The van der Waals surface area contributed by atoms with Gasteiger partial charge in [-0.1, -0.05) is 0 Å². The summed E-state index contributed by atoms with van der Waals surface area (Å²) in [5.41, 5.74) is 5.81. The summed E-state index contributed by atoms with van der Waals surface area (Å²) in [6, 6.07) is 0. The van der Waals surface area contributed by atoms with Crippen molar-refractivity contribution in [2.24, 2.45) is 5.73 Å². The molecular weight excluding hydrogens is 326 g/mol. The molecule has 10 heteroatoms. The zero-order valence-corrected chi connectivity index (χ0v) is 13.8. The highest BCUT2D eigenvalue weighted by Crippen LogP contribution is 2.27. The van der Waals surface area contributed by atoms with E-state index in [1.165, 1.54) is 6.92 Å². The molecule has 1 fully saturated rings. The fourth-order valence-corrected chi connectivity index (χ4v) is 2.26. The van der Waals surface area contributed by atoms with Crippen LogP contribution in [-0.4, -0.2) is 61.1 Å². The van der Waals surface area contributed by atoms with Crippen LogP contribution < -0.4 is 5.73 Å². The number of esters is 4. The van der Waals surface area contributed by atoms with Gasteiger partial charge in [0.05, 0.1) is 0 Å². The molecule has 24 heavy (non-hydrogen) atoms.